The smallest absolute Gasteiger partial charge is 0.0541 e. The first-order valence-corrected chi connectivity index (χ1v) is 16.1. The molecule has 0 N–H and O–H groups in total. The molecule has 2 aromatic heterocycles. The molecule has 2 heteroatoms. The van der Waals surface area contributed by atoms with Crippen molar-refractivity contribution in [2.45, 2.75) is 6.42 Å². The second-order valence-corrected chi connectivity index (χ2v) is 12.6. The van der Waals surface area contributed by atoms with Crippen molar-refractivity contribution in [1.29, 1.82) is 0 Å². The molecule has 0 aliphatic heterocycles. The molecule has 46 heavy (non-hydrogen) atoms. The van der Waals surface area contributed by atoms with E-state index in [-0.39, 0.29) is 0 Å². The highest BCUT2D eigenvalue weighted by molar-refractivity contribution is 6.13. The van der Waals surface area contributed by atoms with Crippen LogP contribution in [0.1, 0.15) is 6.42 Å². The normalized spacial score (nSPS) is 16.0. The first-order chi connectivity index (χ1) is 22.8. The fraction of sp³-hybridized carbons (Fsp3) is 0.0455. The minimum Gasteiger partial charge on any atom is -0.313 e. The third-order valence-corrected chi connectivity index (χ3v) is 10.0. The molecular weight excluding hydrogens is 556 g/mol. The van der Waals surface area contributed by atoms with Crippen LogP contribution in [0.25, 0.3) is 76.9 Å². The van der Waals surface area contributed by atoms with Gasteiger partial charge in [-0.05, 0) is 88.5 Å². The van der Waals surface area contributed by atoms with Gasteiger partial charge in [0.05, 0.1) is 22.1 Å². The van der Waals surface area contributed by atoms with Crippen LogP contribution in [0, 0.1) is 5.92 Å². The summed E-state index contributed by atoms with van der Waals surface area (Å²) in [5.41, 5.74) is 11.4. The van der Waals surface area contributed by atoms with Gasteiger partial charge >= 0.3 is 0 Å². The van der Waals surface area contributed by atoms with Crippen LogP contribution in [0.3, 0.4) is 0 Å². The number of para-hydroxylation sites is 2. The quantitative estimate of drug-likeness (QED) is 0.195. The van der Waals surface area contributed by atoms with Gasteiger partial charge in [0.15, 0.2) is 0 Å². The first kappa shape index (κ1) is 25.5. The Hall–Kier alpha value is -5.86. The summed E-state index contributed by atoms with van der Waals surface area (Å²) in [5.74, 6) is 0.434. The van der Waals surface area contributed by atoms with Crippen LogP contribution in [-0.2, 0) is 0 Å². The highest BCUT2D eigenvalue weighted by Crippen LogP contribution is 2.40. The molecule has 10 rings (SSSR count). The van der Waals surface area contributed by atoms with Crippen LogP contribution in [0.15, 0.2) is 169 Å². The van der Waals surface area contributed by atoms with Gasteiger partial charge in [-0.1, -0.05) is 109 Å². The number of hydrogen-bond acceptors (Lipinski definition) is 0. The number of rotatable bonds is 3. The van der Waals surface area contributed by atoms with Crippen LogP contribution in [0.4, 0.5) is 0 Å². The summed E-state index contributed by atoms with van der Waals surface area (Å²) in [6, 6.07) is 47.0. The Morgan fingerprint density at radius 3 is 1.87 bits per heavy atom. The van der Waals surface area contributed by atoms with Crippen molar-refractivity contribution in [3.05, 3.63) is 169 Å². The van der Waals surface area contributed by atoms with Crippen molar-refractivity contribution in [2.75, 3.05) is 0 Å². The number of aromatic nitrogens is 2. The van der Waals surface area contributed by atoms with Gasteiger partial charge in [-0.3, -0.25) is 0 Å². The van der Waals surface area contributed by atoms with Crippen LogP contribution in [0.2, 0.25) is 0 Å². The molecule has 2 aliphatic rings. The van der Waals surface area contributed by atoms with Crippen molar-refractivity contribution in [2.24, 2.45) is 5.92 Å². The van der Waals surface area contributed by atoms with E-state index in [1.807, 2.05) is 0 Å². The monoisotopic (exact) mass is 586 g/mol. The Morgan fingerprint density at radius 1 is 0.478 bits per heavy atom. The zero-order valence-electron chi connectivity index (χ0n) is 25.3. The van der Waals surface area contributed by atoms with E-state index in [0.29, 0.717) is 5.92 Å². The number of hydrogen-bond donors (Lipinski definition) is 0. The van der Waals surface area contributed by atoms with Crippen LogP contribution in [-0.4, -0.2) is 9.13 Å². The number of allylic oxidation sites excluding steroid dienone is 8. The average molecular weight is 587 g/mol. The molecule has 1 atom stereocenters. The summed E-state index contributed by atoms with van der Waals surface area (Å²) in [5, 5.41) is 7.64. The van der Waals surface area contributed by atoms with Gasteiger partial charge in [0.1, 0.15) is 0 Å². The number of benzene rings is 6. The molecular formula is C44H30N2. The van der Waals surface area contributed by atoms with Gasteiger partial charge in [0, 0.05) is 38.8 Å². The molecule has 8 aromatic rings. The fourth-order valence-electron chi connectivity index (χ4n) is 7.82. The highest BCUT2D eigenvalue weighted by Gasteiger charge is 2.21. The Morgan fingerprint density at radius 2 is 1.11 bits per heavy atom. The first-order valence-electron chi connectivity index (χ1n) is 16.1. The molecule has 2 heterocycles. The van der Waals surface area contributed by atoms with Crippen molar-refractivity contribution in [3.8, 4) is 16.8 Å². The topological polar surface area (TPSA) is 9.86 Å². The third-order valence-electron chi connectivity index (χ3n) is 10.0. The van der Waals surface area contributed by atoms with E-state index < -0.39 is 0 Å². The van der Waals surface area contributed by atoms with Gasteiger partial charge < -0.3 is 9.13 Å². The Balaban J connectivity index is 1.14. The summed E-state index contributed by atoms with van der Waals surface area (Å²) in [7, 11) is 0. The fourth-order valence-corrected chi connectivity index (χ4v) is 7.82. The molecule has 2 aliphatic carbocycles. The molecule has 2 nitrogen and oxygen atoms in total. The molecule has 0 fully saturated rings. The maximum absolute atomic E-state index is 2.48. The summed E-state index contributed by atoms with van der Waals surface area (Å²) in [6.07, 6.45) is 14.5. The van der Waals surface area contributed by atoms with Gasteiger partial charge in [0.2, 0.25) is 0 Å². The summed E-state index contributed by atoms with van der Waals surface area (Å²) < 4.78 is 4.89. The molecule has 0 bridgehead atoms. The van der Waals surface area contributed by atoms with E-state index in [0.717, 1.165) is 6.42 Å². The molecule has 1 unspecified atom stereocenters. The molecule has 0 amide bonds. The predicted molar refractivity (Wildman–Crippen MR) is 195 cm³/mol. The van der Waals surface area contributed by atoms with Crippen LogP contribution >= 0.6 is 0 Å². The van der Waals surface area contributed by atoms with E-state index in [1.165, 1.54) is 82.5 Å². The second kappa shape index (κ2) is 9.82. The summed E-state index contributed by atoms with van der Waals surface area (Å²) >= 11 is 0. The van der Waals surface area contributed by atoms with E-state index in [4.69, 9.17) is 0 Å². The van der Waals surface area contributed by atoms with Crippen LogP contribution < -0.4 is 0 Å². The Bertz CT molecular complexity index is 2670. The lowest BCUT2D eigenvalue weighted by atomic mass is 9.86. The van der Waals surface area contributed by atoms with Crippen molar-refractivity contribution in [3.63, 3.8) is 0 Å². The summed E-state index contributed by atoms with van der Waals surface area (Å²) in [6.45, 7) is 0. The van der Waals surface area contributed by atoms with Gasteiger partial charge in [-0.25, -0.2) is 0 Å². The lowest BCUT2D eigenvalue weighted by molar-refractivity contribution is 0.770. The number of fused-ring (bicyclic) bond motifs is 8. The molecule has 0 saturated heterocycles. The number of nitrogens with zero attached hydrogens (tertiary/aromatic N) is 2. The Labute approximate surface area is 267 Å². The maximum atomic E-state index is 2.48. The third kappa shape index (κ3) is 3.77. The standard InChI is InChI=1S/C44H30N2/c1-3-11-31-25-35(21-17-29(31)9-1)45-41-15-7-5-13-37(41)39-27-33(19-23-43(39)45)34-20-24-44-40(28-34)38-14-6-8-16-42(38)46(44)36-22-18-30-10-2-4-12-32(30)26-36/h1-25,27-28,32H,26H2. The van der Waals surface area contributed by atoms with Crippen LogP contribution in [0.5, 0.6) is 0 Å². The van der Waals surface area contributed by atoms with E-state index in [2.05, 4.69) is 173 Å². The van der Waals surface area contributed by atoms with Gasteiger partial charge in [0.25, 0.3) is 0 Å². The van der Waals surface area contributed by atoms with Crippen molar-refractivity contribution < 1.29 is 0 Å². The maximum Gasteiger partial charge on any atom is 0.0541 e. The van der Waals surface area contributed by atoms with Crippen molar-refractivity contribution in [1.82, 2.24) is 9.13 Å². The largest absolute Gasteiger partial charge is 0.313 e. The SMILES string of the molecule is C1=CC2=CC=C(n3c4ccccc4c4cc(-c5ccc6c(c5)c5ccccc5n6-c5ccc6ccccc6c5)ccc43)CC2C=C1. The molecule has 0 radical (unpaired) electrons. The average Bonchev–Trinajstić information content (AvgIpc) is 3.63. The lowest BCUT2D eigenvalue weighted by Crippen LogP contribution is -2.10. The molecule has 0 spiro atoms. The predicted octanol–water partition coefficient (Wildman–Crippen LogP) is 11.6. The van der Waals surface area contributed by atoms with E-state index in [1.54, 1.807) is 0 Å². The minimum atomic E-state index is 0.434. The summed E-state index contributed by atoms with van der Waals surface area (Å²) in [4.78, 5) is 0. The Kier molecular flexibility index (Phi) is 5.44. The zero-order chi connectivity index (χ0) is 30.2. The zero-order valence-corrected chi connectivity index (χ0v) is 25.3. The van der Waals surface area contributed by atoms with Gasteiger partial charge in [-0.15, -0.1) is 0 Å². The van der Waals surface area contributed by atoms with Crippen molar-refractivity contribution >= 4 is 60.1 Å². The van der Waals surface area contributed by atoms with Gasteiger partial charge in [-0.2, -0.15) is 0 Å². The van der Waals surface area contributed by atoms with E-state index >= 15 is 0 Å². The second-order valence-electron chi connectivity index (χ2n) is 12.6. The minimum absolute atomic E-state index is 0.434. The highest BCUT2D eigenvalue weighted by atomic mass is 15.0. The molecule has 216 valence electrons. The van der Waals surface area contributed by atoms with E-state index in [9.17, 15) is 0 Å². The molecule has 0 saturated carbocycles. The lowest BCUT2D eigenvalue weighted by Gasteiger charge is -2.24. The molecule has 6 aromatic carbocycles.